The zero-order valence-electron chi connectivity index (χ0n) is 15.1. The molecule has 2 aliphatic carbocycles. The number of hydrogen-bond acceptors (Lipinski definition) is 3. The Labute approximate surface area is 185 Å². The molecular formula is C20H20ClFNO3U-. The van der Waals surface area contributed by atoms with Gasteiger partial charge in [-0.2, -0.15) is 0 Å². The number of nitrogens with zero attached hydrogens (tertiary/aromatic N) is 1. The fraction of sp³-hybridized carbons (Fsp3) is 0.450. The normalized spacial score (nSPS) is 17.7. The minimum Gasteiger partial charge on any atom is -0.489 e. The van der Waals surface area contributed by atoms with E-state index in [4.69, 9.17) is 20.8 Å². The molecule has 1 heterocycles. The fourth-order valence-corrected chi connectivity index (χ4v) is 3.83. The molecule has 4 rings (SSSR count). The summed E-state index contributed by atoms with van der Waals surface area (Å²) < 4.78 is 27.3. The molecule has 0 atom stereocenters. The van der Waals surface area contributed by atoms with Crippen LogP contribution in [0.4, 0.5) is 4.39 Å². The van der Waals surface area contributed by atoms with E-state index in [-0.39, 0.29) is 47.9 Å². The molecular weight excluding hydrogens is 595 g/mol. The maximum Gasteiger partial charge on any atom is 0.404 e. The molecule has 2 saturated carbocycles. The Morgan fingerprint density at radius 1 is 1.26 bits per heavy atom. The topological polar surface area (TPSA) is 44.4 Å². The van der Waals surface area contributed by atoms with Crippen molar-refractivity contribution in [1.29, 1.82) is 0 Å². The summed E-state index contributed by atoms with van der Waals surface area (Å²) in [5.41, 5.74) is 1.54. The quantitative estimate of drug-likeness (QED) is 0.497. The predicted octanol–water partition coefficient (Wildman–Crippen LogP) is 3.56. The van der Waals surface area contributed by atoms with Crippen LogP contribution in [0, 0.1) is 36.9 Å². The van der Waals surface area contributed by atoms with Crippen molar-refractivity contribution in [1.82, 2.24) is 4.57 Å². The fourth-order valence-electron chi connectivity index (χ4n) is 3.64. The number of benzene rings is 1. The maximum absolute atomic E-state index is 14.7. The average Bonchev–Trinajstić information content (AvgIpc) is 3.17. The molecule has 142 valence electrons. The summed E-state index contributed by atoms with van der Waals surface area (Å²) in [6.07, 6.45) is 9.92. The number of halogens is 2. The van der Waals surface area contributed by atoms with E-state index in [1.54, 1.807) is 6.92 Å². The molecule has 1 aromatic carbocycles. The summed E-state index contributed by atoms with van der Waals surface area (Å²) in [5.74, 6) is -0.809. The van der Waals surface area contributed by atoms with Crippen LogP contribution in [0.15, 0.2) is 21.3 Å². The number of hydrogen-bond donors (Lipinski definition) is 0. The Kier molecular flexibility index (Phi) is 6.61. The van der Waals surface area contributed by atoms with E-state index < -0.39 is 11.6 Å². The van der Waals surface area contributed by atoms with Gasteiger partial charge in [0.15, 0.2) is 0 Å². The summed E-state index contributed by atoms with van der Waals surface area (Å²) in [7, 11) is 0. The van der Waals surface area contributed by atoms with Gasteiger partial charge >= 0.3 is 5.76 Å². The first-order valence-corrected chi connectivity index (χ1v) is 9.41. The monoisotopic (exact) mass is 614 g/mol. The third-order valence-corrected chi connectivity index (χ3v) is 5.46. The van der Waals surface area contributed by atoms with Crippen LogP contribution in [-0.4, -0.2) is 10.7 Å². The van der Waals surface area contributed by atoms with Crippen molar-refractivity contribution in [2.45, 2.75) is 58.0 Å². The van der Waals surface area contributed by atoms with Crippen molar-refractivity contribution in [3.8, 4) is 11.4 Å². The molecule has 7 heteroatoms. The Balaban J connectivity index is 0.00000210. The van der Waals surface area contributed by atoms with Crippen LogP contribution in [0.5, 0.6) is 5.75 Å². The molecule has 0 aliphatic heterocycles. The molecule has 2 fully saturated rings. The SMILES string of the molecule is C[C-]=c1oc(=O)n(-c2cc(OC3CCCC3)c(Cl)cc2F)c1=C1CCC1.[U]. The molecule has 0 spiro atoms. The summed E-state index contributed by atoms with van der Waals surface area (Å²) in [4.78, 5) is 12.5. The van der Waals surface area contributed by atoms with Crippen molar-refractivity contribution in [3.05, 3.63) is 44.3 Å². The van der Waals surface area contributed by atoms with Crippen LogP contribution >= 0.6 is 11.6 Å². The van der Waals surface area contributed by atoms with Gasteiger partial charge in [-0.05, 0) is 56.4 Å². The van der Waals surface area contributed by atoms with E-state index >= 15 is 0 Å². The number of rotatable bonds is 3. The van der Waals surface area contributed by atoms with Gasteiger partial charge in [-0.15, -0.1) is 12.5 Å². The van der Waals surface area contributed by atoms with E-state index in [1.165, 1.54) is 16.7 Å². The molecule has 0 bridgehead atoms. The first-order chi connectivity index (χ1) is 12.6. The Bertz CT molecular complexity index is 1020. The van der Waals surface area contributed by atoms with Crippen molar-refractivity contribution in [3.63, 3.8) is 0 Å². The van der Waals surface area contributed by atoms with Crippen LogP contribution < -0.4 is 21.3 Å². The molecule has 0 N–H and O–H groups in total. The Morgan fingerprint density at radius 3 is 2.56 bits per heavy atom. The molecule has 0 amide bonds. The van der Waals surface area contributed by atoms with Crippen LogP contribution in [0.2, 0.25) is 5.02 Å². The summed E-state index contributed by atoms with van der Waals surface area (Å²) in [6, 6.07) is 2.71. The van der Waals surface area contributed by atoms with Gasteiger partial charge in [0.05, 0.1) is 16.8 Å². The van der Waals surface area contributed by atoms with Gasteiger partial charge in [-0.25, -0.2) is 15.3 Å². The molecule has 2 aromatic rings. The number of aromatic nitrogens is 1. The molecule has 0 radical (unpaired) electrons. The van der Waals surface area contributed by atoms with Gasteiger partial charge < -0.3 is 13.7 Å². The summed E-state index contributed by atoms with van der Waals surface area (Å²) >= 11 is 6.19. The van der Waals surface area contributed by atoms with Crippen molar-refractivity contribution < 1.29 is 44.7 Å². The van der Waals surface area contributed by atoms with Gasteiger partial charge in [-0.3, -0.25) is 0 Å². The van der Waals surface area contributed by atoms with Crippen LogP contribution in [0.3, 0.4) is 0 Å². The second-order valence-corrected chi connectivity index (χ2v) is 7.25. The first kappa shape index (κ1) is 20.8. The predicted molar refractivity (Wildman–Crippen MR) is 97.7 cm³/mol. The van der Waals surface area contributed by atoms with E-state index in [2.05, 4.69) is 6.08 Å². The van der Waals surface area contributed by atoms with Crippen molar-refractivity contribution in [2.75, 3.05) is 0 Å². The van der Waals surface area contributed by atoms with Crippen molar-refractivity contribution in [2.24, 2.45) is 0 Å². The van der Waals surface area contributed by atoms with Gasteiger partial charge in [-0.1, -0.05) is 17.0 Å². The Morgan fingerprint density at radius 2 is 1.96 bits per heavy atom. The average molecular weight is 615 g/mol. The third-order valence-electron chi connectivity index (χ3n) is 5.17. The van der Waals surface area contributed by atoms with E-state index in [9.17, 15) is 9.18 Å². The number of ether oxygens (including phenoxy) is 1. The molecule has 1 aromatic heterocycles. The third kappa shape index (κ3) is 3.95. The Hall–Kier alpha value is -0.958. The van der Waals surface area contributed by atoms with E-state index in [0.717, 1.165) is 50.5 Å². The largest absolute Gasteiger partial charge is 0.489 e. The second-order valence-electron chi connectivity index (χ2n) is 6.85. The van der Waals surface area contributed by atoms with Gasteiger partial charge in [0.1, 0.15) is 11.6 Å². The van der Waals surface area contributed by atoms with Crippen LogP contribution in [0.1, 0.15) is 51.9 Å². The molecule has 0 unspecified atom stereocenters. The molecule has 0 saturated heterocycles. The van der Waals surface area contributed by atoms with Gasteiger partial charge in [0.2, 0.25) is 0 Å². The van der Waals surface area contributed by atoms with Crippen molar-refractivity contribution >= 4 is 23.3 Å². The van der Waals surface area contributed by atoms with E-state index in [0.29, 0.717) is 16.5 Å². The summed E-state index contributed by atoms with van der Waals surface area (Å²) in [5, 5.41) is 0.818. The first-order valence-electron chi connectivity index (χ1n) is 9.03. The van der Waals surface area contributed by atoms with Gasteiger partial charge in [0, 0.05) is 37.2 Å². The zero-order chi connectivity index (χ0) is 18.3. The standard InChI is InChI=1S/C20H20ClFNO3.U/c1-2-17-19(12-6-5-7-12)23(20(24)26-17)16-11-18(14(21)10-15(16)22)25-13-8-3-4-9-13;/h10-11,13H,3-9H2,1H3;/q-1;. The summed E-state index contributed by atoms with van der Waals surface area (Å²) in [6.45, 7) is 1.68. The van der Waals surface area contributed by atoms with Gasteiger partial charge in [0.25, 0.3) is 0 Å². The van der Waals surface area contributed by atoms with Crippen LogP contribution in [-0.2, 0) is 0 Å². The van der Waals surface area contributed by atoms with Crippen LogP contribution in [0.25, 0.3) is 17.3 Å². The maximum atomic E-state index is 14.7. The number of oxazole rings is 1. The van der Waals surface area contributed by atoms with E-state index in [1.807, 2.05) is 0 Å². The smallest absolute Gasteiger partial charge is 0.404 e. The molecule has 2 aliphatic rings. The minimum absolute atomic E-state index is 0. The molecule has 27 heavy (non-hydrogen) atoms. The second kappa shape index (κ2) is 8.59. The molecule has 4 nitrogen and oxygen atoms in total. The zero-order valence-corrected chi connectivity index (χ0v) is 20.0. The minimum atomic E-state index is -0.628.